The maximum Gasteiger partial charge on any atom is 0.0859 e. The van der Waals surface area contributed by atoms with E-state index in [2.05, 4.69) is 0 Å². The lowest BCUT2D eigenvalue weighted by Gasteiger charge is -2.00. The van der Waals surface area contributed by atoms with E-state index in [1.54, 1.807) is 13.4 Å². The number of hydrogen-bond acceptors (Lipinski definition) is 1. The molecular weight excluding hydrogens is 172 g/mol. The van der Waals surface area contributed by atoms with Crippen LogP contribution in [0, 0.1) is 0 Å². The molecule has 1 aromatic rings. The first-order chi connectivity index (χ1) is 5.74. The van der Waals surface area contributed by atoms with Crippen LogP contribution < -0.4 is 0 Å². The van der Waals surface area contributed by atoms with Gasteiger partial charge in [0, 0.05) is 5.02 Å². The number of methoxy groups -OCH3 is 1. The van der Waals surface area contributed by atoms with E-state index in [4.69, 9.17) is 16.3 Å². The summed E-state index contributed by atoms with van der Waals surface area (Å²) in [6, 6.07) is 7.68. The molecule has 0 radical (unpaired) electrons. The number of rotatable bonds is 2. The van der Waals surface area contributed by atoms with Gasteiger partial charge >= 0.3 is 0 Å². The van der Waals surface area contributed by atoms with Crippen molar-refractivity contribution < 1.29 is 4.74 Å². The number of allylic oxidation sites excluding steroid dienone is 1. The molecule has 0 atom stereocenters. The monoisotopic (exact) mass is 182 g/mol. The molecule has 0 aliphatic carbocycles. The van der Waals surface area contributed by atoms with Crippen molar-refractivity contribution in [2.24, 2.45) is 0 Å². The van der Waals surface area contributed by atoms with Gasteiger partial charge in [0.1, 0.15) is 0 Å². The van der Waals surface area contributed by atoms with E-state index in [1.165, 1.54) is 0 Å². The molecule has 1 aromatic carbocycles. The highest BCUT2D eigenvalue weighted by Crippen LogP contribution is 2.17. The van der Waals surface area contributed by atoms with Gasteiger partial charge in [-0.15, -0.1) is 0 Å². The third-order valence-corrected chi connectivity index (χ3v) is 1.81. The summed E-state index contributed by atoms with van der Waals surface area (Å²) in [5, 5.41) is 0.747. The van der Waals surface area contributed by atoms with Gasteiger partial charge in [-0.1, -0.05) is 23.7 Å². The molecule has 0 aromatic heterocycles. The van der Waals surface area contributed by atoms with E-state index in [9.17, 15) is 0 Å². The summed E-state index contributed by atoms with van der Waals surface area (Å²) in [5.74, 6) is 0. The third kappa shape index (κ3) is 2.28. The molecule has 0 unspecified atom stereocenters. The number of ether oxygens (including phenoxy) is 1. The van der Waals surface area contributed by atoms with E-state index < -0.39 is 0 Å². The molecule has 0 aliphatic heterocycles. The zero-order chi connectivity index (χ0) is 8.97. The van der Waals surface area contributed by atoms with Gasteiger partial charge < -0.3 is 4.74 Å². The van der Waals surface area contributed by atoms with Crippen LogP contribution in [0.5, 0.6) is 0 Å². The molecule has 0 aliphatic rings. The quantitative estimate of drug-likeness (QED) is 0.638. The molecule has 2 heteroatoms. The molecule has 0 spiro atoms. The summed E-state index contributed by atoms with van der Waals surface area (Å²) in [5.41, 5.74) is 2.16. The van der Waals surface area contributed by atoms with Gasteiger partial charge in [-0.25, -0.2) is 0 Å². The first-order valence-electron chi connectivity index (χ1n) is 3.69. The van der Waals surface area contributed by atoms with Crippen molar-refractivity contribution in [1.82, 2.24) is 0 Å². The molecule has 0 saturated carbocycles. The van der Waals surface area contributed by atoms with Gasteiger partial charge in [0.25, 0.3) is 0 Å². The normalized spacial score (nSPS) is 11.4. The summed E-state index contributed by atoms with van der Waals surface area (Å²) in [4.78, 5) is 0. The minimum atomic E-state index is 0.747. The maximum atomic E-state index is 5.82. The Kier molecular flexibility index (Phi) is 3.18. The molecule has 0 amide bonds. The Bertz CT molecular complexity index is 292. The standard InChI is InChI=1S/C10H11ClO/c1-8(7-12-2)9-4-3-5-10(11)6-9/h3-7H,1-2H3. The lowest BCUT2D eigenvalue weighted by atomic mass is 10.1. The Balaban J connectivity index is 2.95. The van der Waals surface area contributed by atoms with E-state index in [1.807, 2.05) is 31.2 Å². The smallest absolute Gasteiger partial charge is 0.0859 e. The number of benzene rings is 1. The third-order valence-electron chi connectivity index (χ3n) is 1.57. The average Bonchev–Trinajstić information content (AvgIpc) is 2.05. The van der Waals surface area contributed by atoms with Crippen LogP contribution in [0.15, 0.2) is 30.5 Å². The molecule has 1 rings (SSSR count). The first kappa shape index (κ1) is 9.14. The van der Waals surface area contributed by atoms with Crippen molar-refractivity contribution >= 4 is 17.2 Å². The van der Waals surface area contributed by atoms with Gasteiger partial charge in [-0.2, -0.15) is 0 Å². The maximum absolute atomic E-state index is 5.82. The van der Waals surface area contributed by atoms with Crippen molar-refractivity contribution in [2.45, 2.75) is 6.92 Å². The topological polar surface area (TPSA) is 9.23 Å². The van der Waals surface area contributed by atoms with Gasteiger partial charge in [0.15, 0.2) is 0 Å². The Morgan fingerprint density at radius 3 is 2.83 bits per heavy atom. The lowest BCUT2D eigenvalue weighted by Crippen LogP contribution is -1.79. The van der Waals surface area contributed by atoms with Crippen molar-refractivity contribution in [1.29, 1.82) is 0 Å². The predicted molar refractivity (Wildman–Crippen MR) is 52.1 cm³/mol. The fourth-order valence-electron chi connectivity index (χ4n) is 0.979. The van der Waals surface area contributed by atoms with Crippen LogP contribution in [0.3, 0.4) is 0 Å². The Morgan fingerprint density at radius 2 is 2.25 bits per heavy atom. The van der Waals surface area contributed by atoms with Gasteiger partial charge in [0.05, 0.1) is 13.4 Å². The van der Waals surface area contributed by atoms with E-state index >= 15 is 0 Å². The van der Waals surface area contributed by atoms with Crippen molar-refractivity contribution in [3.05, 3.63) is 41.1 Å². The molecule has 64 valence electrons. The molecule has 0 fully saturated rings. The fourth-order valence-corrected chi connectivity index (χ4v) is 1.17. The van der Waals surface area contributed by atoms with Crippen LogP contribution in [0.2, 0.25) is 5.02 Å². The summed E-state index contributed by atoms with van der Waals surface area (Å²) in [6.07, 6.45) is 1.70. The van der Waals surface area contributed by atoms with Crippen LogP contribution in [-0.2, 0) is 4.74 Å². The highest BCUT2D eigenvalue weighted by molar-refractivity contribution is 6.30. The molecule has 1 nitrogen and oxygen atoms in total. The number of halogens is 1. The van der Waals surface area contributed by atoms with Crippen molar-refractivity contribution in [3.63, 3.8) is 0 Å². The molecular formula is C10H11ClO. The summed E-state index contributed by atoms with van der Waals surface area (Å²) in [6.45, 7) is 1.98. The van der Waals surface area contributed by atoms with Crippen LogP contribution in [-0.4, -0.2) is 7.11 Å². The molecule has 0 heterocycles. The largest absolute Gasteiger partial charge is 0.504 e. The van der Waals surface area contributed by atoms with Crippen LogP contribution >= 0.6 is 11.6 Å². The minimum absolute atomic E-state index is 0.747. The second kappa shape index (κ2) is 4.17. The summed E-state index contributed by atoms with van der Waals surface area (Å²) >= 11 is 5.82. The van der Waals surface area contributed by atoms with E-state index in [0.29, 0.717) is 0 Å². The molecule has 12 heavy (non-hydrogen) atoms. The van der Waals surface area contributed by atoms with Crippen LogP contribution in [0.25, 0.3) is 5.57 Å². The second-order valence-electron chi connectivity index (χ2n) is 2.55. The van der Waals surface area contributed by atoms with Gasteiger partial charge in [0.2, 0.25) is 0 Å². The average molecular weight is 183 g/mol. The second-order valence-corrected chi connectivity index (χ2v) is 2.98. The number of hydrogen-bond donors (Lipinski definition) is 0. The van der Waals surface area contributed by atoms with E-state index in [-0.39, 0.29) is 0 Å². The highest BCUT2D eigenvalue weighted by Gasteiger charge is 1.95. The molecule has 0 saturated heterocycles. The fraction of sp³-hybridized carbons (Fsp3) is 0.200. The highest BCUT2D eigenvalue weighted by atomic mass is 35.5. The molecule has 0 bridgehead atoms. The summed E-state index contributed by atoms with van der Waals surface area (Å²) < 4.78 is 4.89. The predicted octanol–water partition coefficient (Wildman–Crippen LogP) is 3.35. The van der Waals surface area contributed by atoms with E-state index in [0.717, 1.165) is 16.2 Å². The van der Waals surface area contributed by atoms with Gasteiger partial charge in [-0.05, 0) is 30.2 Å². The zero-order valence-electron chi connectivity index (χ0n) is 7.17. The lowest BCUT2D eigenvalue weighted by molar-refractivity contribution is 0.339. The minimum Gasteiger partial charge on any atom is -0.504 e. The Morgan fingerprint density at radius 1 is 1.50 bits per heavy atom. The van der Waals surface area contributed by atoms with Crippen LogP contribution in [0.1, 0.15) is 12.5 Å². The molecule has 0 N–H and O–H groups in total. The van der Waals surface area contributed by atoms with Crippen LogP contribution in [0.4, 0.5) is 0 Å². The first-order valence-corrected chi connectivity index (χ1v) is 4.07. The Labute approximate surface area is 77.6 Å². The van der Waals surface area contributed by atoms with Crippen molar-refractivity contribution in [2.75, 3.05) is 7.11 Å². The zero-order valence-corrected chi connectivity index (χ0v) is 7.93. The summed E-state index contributed by atoms with van der Waals surface area (Å²) in [7, 11) is 1.63. The Hall–Kier alpha value is -0.950. The van der Waals surface area contributed by atoms with Crippen molar-refractivity contribution in [3.8, 4) is 0 Å². The van der Waals surface area contributed by atoms with Gasteiger partial charge in [-0.3, -0.25) is 0 Å². The SMILES string of the molecule is COC=C(C)c1cccc(Cl)c1.